The molecule has 0 unspecified atom stereocenters. The summed E-state index contributed by atoms with van der Waals surface area (Å²) in [4.78, 5) is 11.7. The Morgan fingerprint density at radius 1 is 1.21 bits per heavy atom. The zero-order chi connectivity index (χ0) is 14.3. The average molecular weight is 290 g/mol. The second-order valence-electron chi connectivity index (χ2n) is 4.41. The van der Waals surface area contributed by atoms with E-state index < -0.39 is 23.1 Å². The maximum absolute atomic E-state index is 13.7. The quantitative estimate of drug-likeness (QED) is 0.600. The molecule has 0 atom stereocenters. The molecule has 1 aromatic carbocycles. The van der Waals surface area contributed by atoms with E-state index in [0.717, 1.165) is 31.7 Å². The summed E-state index contributed by atoms with van der Waals surface area (Å²) in [6.45, 7) is 1.91. The molecule has 0 saturated carbocycles. The molecule has 106 valence electrons. The Labute approximate surface area is 117 Å². The summed E-state index contributed by atoms with van der Waals surface area (Å²) >= 11 is 5.54. The fourth-order valence-electron chi connectivity index (χ4n) is 1.73. The van der Waals surface area contributed by atoms with Gasteiger partial charge in [-0.15, -0.1) is 11.6 Å². The molecule has 0 aliphatic heterocycles. The Hall–Kier alpha value is -1.16. The number of rotatable bonds is 7. The van der Waals surface area contributed by atoms with Crippen molar-refractivity contribution in [1.29, 1.82) is 0 Å². The third-order valence-electron chi connectivity index (χ3n) is 2.86. The van der Waals surface area contributed by atoms with Gasteiger partial charge in [-0.1, -0.05) is 18.9 Å². The predicted molar refractivity (Wildman–Crippen MR) is 72.6 cm³/mol. The van der Waals surface area contributed by atoms with E-state index in [1.54, 1.807) is 0 Å². The Kier molecular flexibility index (Phi) is 6.78. The van der Waals surface area contributed by atoms with Crippen molar-refractivity contribution < 1.29 is 13.6 Å². The first kappa shape index (κ1) is 15.9. The average Bonchev–Trinajstić information content (AvgIpc) is 2.38. The van der Waals surface area contributed by atoms with Crippen LogP contribution in [0.3, 0.4) is 0 Å². The molecule has 0 saturated heterocycles. The molecule has 19 heavy (non-hydrogen) atoms. The van der Waals surface area contributed by atoms with Crippen LogP contribution in [0.5, 0.6) is 0 Å². The van der Waals surface area contributed by atoms with Crippen molar-refractivity contribution in [2.75, 3.05) is 12.4 Å². The Morgan fingerprint density at radius 3 is 2.58 bits per heavy atom. The summed E-state index contributed by atoms with van der Waals surface area (Å²) in [7, 11) is 0. The fraction of sp³-hybridized carbons (Fsp3) is 0.500. The SMILES string of the molecule is Cc1ccc(F)c(C(=O)NCCCCCCCl)c1F. The fourth-order valence-corrected chi connectivity index (χ4v) is 1.92. The minimum absolute atomic E-state index is 0.258. The Balaban J connectivity index is 2.48. The number of carbonyl (C=O) groups excluding carboxylic acids is 1. The number of unbranched alkanes of at least 4 members (excludes halogenated alkanes) is 3. The van der Waals surface area contributed by atoms with Gasteiger partial charge in [0.05, 0.1) is 0 Å². The van der Waals surface area contributed by atoms with Gasteiger partial charge in [0.25, 0.3) is 5.91 Å². The summed E-state index contributed by atoms with van der Waals surface area (Å²) in [6.07, 6.45) is 3.65. The first-order valence-corrected chi connectivity index (χ1v) is 6.90. The van der Waals surface area contributed by atoms with Crippen LogP contribution in [-0.4, -0.2) is 18.3 Å². The lowest BCUT2D eigenvalue weighted by atomic mass is 10.1. The van der Waals surface area contributed by atoms with E-state index in [1.165, 1.54) is 13.0 Å². The summed E-state index contributed by atoms with van der Waals surface area (Å²) < 4.78 is 27.1. The normalized spacial score (nSPS) is 10.5. The summed E-state index contributed by atoms with van der Waals surface area (Å²) in [5.74, 6) is -1.69. The molecular formula is C14H18ClF2NO. The molecule has 0 aliphatic rings. The molecule has 5 heteroatoms. The van der Waals surface area contributed by atoms with Crippen molar-refractivity contribution in [1.82, 2.24) is 5.32 Å². The highest BCUT2D eigenvalue weighted by atomic mass is 35.5. The lowest BCUT2D eigenvalue weighted by molar-refractivity contribution is 0.0944. The largest absolute Gasteiger partial charge is 0.352 e. The molecule has 0 aliphatic carbocycles. The van der Waals surface area contributed by atoms with Gasteiger partial charge in [-0.05, 0) is 31.4 Å². The maximum atomic E-state index is 13.7. The molecule has 1 N–H and O–H groups in total. The molecule has 2 nitrogen and oxygen atoms in total. The first-order chi connectivity index (χ1) is 9.07. The van der Waals surface area contributed by atoms with Crippen molar-refractivity contribution in [3.63, 3.8) is 0 Å². The van der Waals surface area contributed by atoms with E-state index in [-0.39, 0.29) is 5.56 Å². The van der Waals surface area contributed by atoms with E-state index in [4.69, 9.17) is 11.6 Å². The standard InChI is InChI=1S/C14H18ClF2NO/c1-10-6-7-11(16)12(13(10)17)14(19)18-9-5-3-2-4-8-15/h6-7H,2-5,8-9H2,1H3,(H,18,19). The van der Waals surface area contributed by atoms with Gasteiger partial charge in [0.2, 0.25) is 0 Å². The minimum Gasteiger partial charge on any atom is -0.352 e. The molecular weight excluding hydrogens is 272 g/mol. The Morgan fingerprint density at radius 2 is 1.89 bits per heavy atom. The summed E-state index contributed by atoms with van der Waals surface area (Å²) in [5.41, 5.74) is -0.241. The predicted octanol–water partition coefficient (Wildman–Crippen LogP) is 3.80. The van der Waals surface area contributed by atoms with Crippen molar-refractivity contribution in [3.8, 4) is 0 Å². The van der Waals surface area contributed by atoms with E-state index in [1.807, 2.05) is 0 Å². The van der Waals surface area contributed by atoms with E-state index in [9.17, 15) is 13.6 Å². The van der Waals surface area contributed by atoms with Gasteiger partial charge in [0.15, 0.2) is 0 Å². The number of benzene rings is 1. The highest BCUT2D eigenvalue weighted by Crippen LogP contribution is 2.16. The van der Waals surface area contributed by atoms with Crippen LogP contribution < -0.4 is 5.32 Å². The van der Waals surface area contributed by atoms with E-state index in [2.05, 4.69) is 5.32 Å². The molecule has 0 bridgehead atoms. The second kappa shape index (κ2) is 8.10. The number of nitrogens with one attached hydrogen (secondary N) is 1. The second-order valence-corrected chi connectivity index (χ2v) is 4.79. The maximum Gasteiger partial charge on any atom is 0.257 e. The molecule has 0 spiro atoms. The van der Waals surface area contributed by atoms with Crippen LogP contribution in [0.1, 0.15) is 41.6 Å². The van der Waals surface area contributed by atoms with E-state index in [0.29, 0.717) is 12.4 Å². The smallest absolute Gasteiger partial charge is 0.257 e. The van der Waals surface area contributed by atoms with Gasteiger partial charge in [0, 0.05) is 12.4 Å². The molecule has 0 aromatic heterocycles. The topological polar surface area (TPSA) is 29.1 Å². The van der Waals surface area contributed by atoms with Crippen molar-refractivity contribution in [2.45, 2.75) is 32.6 Å². The van der Waals surface area contributed by atoms with Crippen LogP contribution in [0.2, 0.25) is 0 Å². The number of alkyl halides is 1. The lowest BCUT2D eigenvalue weighted by Gasteiger charge is -2.08. The monoisotopic (exact) mass is 289 g/mol. The molecule has 0 radical (unpaired) electrons. The Bertz CT molecular complexity index is 438. The van der Waals surface area contributed by atoms with Gasteiger partial charge < -0.3 is 5.32 Å². The number of hydrogen-bond acceptors (Lipinski definition) is 1. The highest BCUT2D eigenvalue weighted by molar-refractivity contribution is 6.17. The van der Waals surface area contributed by atoms with Crippen LogP contribution in [-0.2, 0) is 0 Å². The van der Waals surface area contributed by atoms with Crippen LogP contribution in [0.15, 0.2) is 12.1 Å². The minimum atomic E-state index is -0.831. The van der Waals surface area contributed by atoms with Gasteiger partial charge in [-0.25, -0.2) is 8.78 Å². The number of hydrogen-bond donors (Lipinski definition) is 1. The molecule has 1 rings (SSSR count). The number of carbonyl (C=O) groups is 1. The third kappa shape index (κ3) is 4.78. The van der Waals surface area contributed by atoms with Crippen molar-refractivity contribution >= 4 is 17.5 Å². The number of halogens is 3. The van der Waals surface area contributed by atoms with Crippen LogP contribution in [0.25, 0.3) is 0 Å². The van der Waals surface area contributed by atoms with Gasteiger partial charge in [-0.2, -0.15) is 0 Å². The van der Waals surface area contributed by atoms with Crippen LogP contribution in [0.4, 0.5) is 8.78 Å². The van der Waals surface area contributed by atoms with Gasteiger partial charge >= 0.3 is 0 Å². The molecule has 1 aromatic rings. The highest BCUT2D eigenvalue weighted by Gasteiger charge is 2.18. The first-order valence-electron chi connectivity index (χ1n) is 6.36. The third-order valence-corrected chi connectivity index (χ3v) is 3.12. The summed E-state index contributed by atoms with van der Waals surface area (Å²) in [5, 5.41) is 2.53. The molecule has 0 heterocycles. The van der Waals surface area contributed by atoms with Gasteiger partial charge in [-0.3, -0.25) is 4.79 Å². The van der Waals surface area contributed by atoms with Gasteiger partial charge in [0.1, 0.15) is 17.2 Å². The van der Waals surface area contributed by atoms with Crippen LogP contribution >= 0.6 is 11.6 Å². The van der Waals surface area contributed by atoms with Crippen LogP contribution in [0, 0.1) is 18.6 Å². The molecule has 1 amide bonds. The zero-order valence-electron chi connectivity index (χ0n) is 10.9. The number of amides is 1. The van der Waals surface area contributed by atoms with Crippen molar-refractivity contribution in [3.05, 3.63) is 34.9 Å². The lowest BCUT2D eigenvalue weighted by Crippen LogP contribution is -2.26. The summed E-state index contributed by atoms with van der Waals surface area (Å²) in [6, 6.07) is 2.42. The van der Waals surface area contributed by atoms with Crippen molar-refractivity contribution in [2.24, 2.45) is 0 Å². The zero-order valence-corrected chi connectivity index (χ0v) is 11.7. The molecule has 0 fully saturated rings. The number of aryl methyl sites for hydroxylation is 1. The van der Waals surface area contributed by atoms with E-state index >= 15 is 0 Å².